The summed E-state index contributed by atoms with van der Waals surface area (Å²) in [5, 5.41) is 11.4. The molecule has 30 heavy (non-hydrogen) atoms. The normalized spacial score (nSPS) is 11.5. The van der Waals surface area contributed by atoms with E-state index in [0.717, 1.165) is 0 Å². The molecular weight excluding hydrogens is 384 g/mol. The molecule has 3 aromatic rings. The lowest BCUT2D eigenvalue weighted by Crippen LogP contribution is -2.30. The number of hydrogen-bond donors (Lipinski definition) is 1. The second-order valence-corrected chi connectivity index (χ2v) is 6.68. The number of fused-ring (bicyclic) bond motifs is 1. The third-order valence-corrected chi connectivity index (χ3v) is 4.60. The fourth-order valence-electron chi connectivity index (χ4n) is 2.97. The van der Waals surface area contributed by atoms with Gasteiger partial charge < -0.3 is 14.6 Å². The molecule has 0 aliphatic rings. The van der Waals surface area contributed by atoms with Gasteiger partial charge in [0.1, 0.15) is 5.69 Å². The van der Waals surface area contributed by atoms with Crippen molar-refractivity contribution >= 4 is 28.6 Å². The van der Waals surface area contributed by atoms with Crippen LogP contribution in [0.1, 0.15) is 35.5 Å². The molecule has 1 N–H and O–H groups in total. The summed E-state index contributed by atoms with van der Waals surface area (Å²) in [6.07, 6.45) is -1.04. The van der Waals surface area contributed by atoms with E-state index in [4.69, 9.17) is 10.00 Å². The van der Waals surface area contributed by atoms with Crippen molar-refractivity contribution < 1.29 is 14.3 Å². The van der Waals surface area contributed by atoms with Crippen molar-refractivity contribution in [2.45, 2.75) is 33.4 Å². The van der Waals surface area contributed by atoms with Gasteiger partial charge in [0.05, 0.1) is 28.2 Å². The largest absolute Gasteiger partial charge is 0.449 e. The Balaban J connectivity index is 1.75. The van der Waals surface area contributed by atoms with Crippen LogP contribution in [-0.4, -0.2) is 27.5 Å². The van der Waals surface area contributed by atoms with Crippen LogP contribution < -0.4 is 10.9 Å². The highest BCUT2D eigenvalue weighted by molar-refractivity contribution is 5.98. The molecule has 1 aromatic heterocycles. The number of aryl methyl sites for hydroxylation is 2. The van der Waals surface area contributed by atoms with Crippen molar-refractivity contribution in [1.82, 2.24) is 9.55 Å². The number of benzene rings is 2. The van der Waals surface area contributed by atoms with E-state index in [1.54, 1.807) is 54.0 Å². The Morgan fingerprint density at radius 1 is 1.23 bits per heavy atom. The molecule has 2 aromatic carbocycles. The van der Waals surface area contributed by atoms with E-state index in [2.05, 4.69) is 10.3 Å². The Bertz CT molecular complexity index is 1220. The number of amides is 1. The molecule has 0 radical (unpaired) electrons. The molecule has 1 heterocycles. The summed E-state index contributed by atoms with van der Waals surface area (Å²) in [6.45, 7) is 5.43. The first-order valence-electron chi connectivity index (χ1n) is 9.37. The molecule has 0 fully saturated rings. The predicted molar refractivity (Wildman–Crippen MR) is 111 cm³/mol. The number of carbonyl (C=O) groups is 2. The number of nitrogens with zero attached hydrogens (tertiary/aromatic N) is 3. The van der Waals surface area contributed by atoms with Gasteiger partial charge in [0.25, 0.3) is 11.5 Å². The van der Waals surface area contributed by atoms with Gasteiger partial charge in [-0.25, -0.2) is 9.78 Å². The van der Waals surface area contributed by atoms with E-state index in [9.17, 15) is 14.4 Å². The van der Waals surface area contributed by atoms with Gasteiger partial charge in [-0.2, -0.15) is 5.26 Å². The van der Waals surface area contributed by atoms with Gasteiger partial charge in [-0.1, -0.05) is 0 Å². The highest BCUT2D eigenvalue weighted by Crippen LogP contribution is 2.16. The lowest BCUT2D eigenvalue weighted by Gasteiger charge is -2.14. The number of anilines is 1. The van der Waals surface area contributed by atoms with E-state index in [0.29, 0.717) is 34.5 Å². The Morgan fingerprint density at radius 3 is 2.57 bits per heavy atom. The van der Waals surface area contributed by atoms with Gasteiger partial charge >= 0.3 is 5.97 Å². The third kappa shape index (κ3) is 4.20. The van der Waals surface area contributed by atoms with Gasteiger partial charge in [-0.3, -0.25) is 9.59 Å². The van der Waals surface area contributed by atoms with Crippen LogP contribution in [-0.2, 0) is 16.1 Å². The summed E-state index contributed by atoms with van der Waals surface area (Å²) in [4.78, 5) is 41.3. The van der Waals surface area contributed by atoms with Gasteiger partial charge in [0.15, 0.2) is 6.10 Å². The van der Waals surface area contributed by atoms with Gasteiger partial charge in [0, 0.05) is 12.2 Å². The molecular formula is C22H20N4O4. The first-order valence-corrected chi connectivity index (χ1v) is 9.37. The maximum Gasteiger partial charge on any atom is 0.338 e. The average Bonchev–Trinajstić information content (AvgIpc) is 2.74. The highest BCUT2D eigenvalue weighted by atomic mass is 16.5. The Morgan fingerprint density at radius 2 is 1.93 bits per heavy atom. The number of carbonyl (C=O) groups excluding carboxylic acids is 2. The Kier molecular flexibility index (Phi) is 5.93. The topological polar surface area (TPSA) is 114 Å². The molecule has 1 amide bonds. The molecule has 8 nitrogen and oxygen atoms in total. The highest BCUT2D eigenvalue weighted by Gasteiger charge is 2.20. The minimum atomic E-state index is -1.04. The molecule has 0 saturated heterocycles. The van der Waals surface area contributed by atoms with E-state index in [-0.39, 0.29) is 11.1 Å². The SMILES string of the molecule is CCn1c(=O)c(C)nc2cc(C(=O)O[C@H](C)C(=O)Nc3ccc(C#N)cc3)ccc21. The number of rotatable bonds is 5. The Labute approximate surface area is 172 Å². The molecule has 0 bridgehead atoms. The summed E-state index contributed by atoms with van der Waals surface area (Å²) in [7, 11) is 0. The quantitative estimate of drug-likeness (QED) is 0.654. The summed E-state index contributed by atoms with van der Waals surface area (Å²) in [5.41, 5.74) is 2.48. The van der Waals surface area contributed by atoms with Crippen molar-refractivity contribution in [3.63, 3.8) is 0 Å². The standard InChI is InChI=1S/C22H20N4O4/c1-4-26-19-10-7-16(11-18(19)24-13(2)21(26)28)22(29)30-14(3)20(27)25-17-8-5-15(12-23)6-9-17/h5-11,14H,4H2,1-3H3,(H,25,27)/t14-/m1/s1. The van der Waals surface area contributed by atoms with Crippen LogP contribution in [0.5, 0.6) is 0 Å². The first kappa shape index (κ1) is 20.7. The maximum absolute atomic E-state index is 12.5. The summed E-state index contributed by atoms with van der Waals surface area (Å²) < 4.78 is 6.86. The van der Waals surface area contributed by atoms with E-state index in [1.165, 1.54) is 6.92 Å². The van der Waals surface area contributed by atoms with Crippen LogP contribution >= 0.6 is 0 Å². The van der Waals surface area contributed by atoms with E-state index < -0.39 is 18.0 Å². The van der Waals surface area contributed by atoms with E-state index >= 15 is 0 Å². The number of esters is 1. The molecule has 1 atom stereocenters. The van der Waals surface area contributed by atoms with Crippen LogP contribution in [0.2, 0.25) is 0 Å². The number of hydrogen-bond acceptors (Lipinski definition) is 6. The number of nitrogens with one attached hydrogen (secondary N) is 1. The molecule has 0 aliphatic heterocycles. The molecule has 3 rings (SSSR count). The van der Waals surface area contributed by atoms with Gasteiger partial charge in [0.2, 0.25) is 0 Å². The van der Waals surface area contributed by atoms with Crippen LogP contribution in [0.15, 0.2) is 47.3 Å². The van der Waals surface area contributed by atoms with Crippen LogP contribution in [0, 0.1) is 18.3 Å². The molecule has 0 saturated carbocycles. The number of nitriles is 1. The van der Waals surface area contributed by atoms with E-state index in [1.807, 2.05) is 13.0 Å². The zero-order valence-corrected chi connectivity index (χ0v) is 16.8. The molecule has 0 spiro atoms. The molecule has 8 heteroatoms. The number of ether oxygens (including phenoxy) is 1. The van der Waals surface area contributed by atoms with Crippen LogP contribution in [0.3, 0.4) is 0 Å². The monoisotopic (exact) mass is 404 g/mol. The minimum Gasteiger partial charge on any atom is -0.449 e. The van der Waals surface area contributed by atoms with Crippen molar-refractivity contribution in [2.75, 3.05) is 5.32 Å². The fourth-order valence-corrected chi connectivity index (χ4v) is 2.97. The zero-order valence-electron chi connectivity index (χ0n) is 16.8. The average molecular weight is 404 g/mol. The van der Waals surface area contributed by atoms with Crippen molar-refractivity contribution in [3.8, 4) is 6.07 Å². The summed E-state index contributed by atoms with van der Waals surface area (Å²) >= 11 is 0. The smallest absolute Gasteiger partial charge is 0.338 e. The summed E-state index contributed by atoms with van der Waals surface area (Å²) in [5.74, 6) is -1.17. The maximum atomic E-state index is 12.5. The van der Waals surface area contributed by atoms with Crippen molar-refractivity contribution in [3.05, 3.63) is 69.6 Å². The predicted octanol–water partition coefficient (Wildman–Crippen LogP) is 2.78. The van der Waals surface area contributed by atoms with Crippen LogP contribution in [0.25, 0.3) is 11.0 Å². The zero-order chi connectivity index (χ0) is 21.8. The summed E-state index contributed by atoms with van der Waals surface area (Å²) in [6, 6.07) is 13.1. The van der Waals surface area contributed by atoms with Crippen LogP contribution in [0.4, 0.5) is 5.69 Å². The second-order valence-electron chi connectivity index (χ2n) is 6.68. The molecule has 152 valence electrons. The molecule has 0 aliphatic carbocycles. The lowest BCUT2D eigenvalue weighted by molar-refractivity contribution is -0.123. The first-order chi connectivity index (χ1) is 14.3. The Hall–Kier alpha value is -3.99. The number of aromatic nitrogens is 2. The third-order valence-electron chi connectivity index (χ3n) is 4.60. The molecule has 0 unspecified atom stereocenters. The minimum absolute atomic E-state index is 0.173. The van der Waals surface area contributed by atoms with Crippen molar-refractivity contribution in [2.24, 2.45) is 0 Å². The lowest BCUT2D eigenvalue weighted by atomic mass is 10.2. The fraction of sp³-hybridized carbons (Fsp3) is 0.227. The van der Waals surface area contributed by atoms with Crippen molar-refractivity contribution in [1.29, 1.82) is 5.26 Å². The van der Waals surface area contributed by atoms with Gasteiger partial charge in [-0.15, -0.1) is 0 Å². The van der Waals surface area contributed by atoms with Gasteiger partial charge in [-0.05, 0) is 63.2 Å². The second kappa shape index (κ2) is 8.57.